The fourth-order valence-electron chi connectivity index (χ4n) is 2.55. The number of nitrogens with zero attached hydrogens (tertiary/aromatic N) is 5. The normalized spacial score (nSPS) is 11.3. The molecule has 0 bridgehead atoms. The first kappa shape index (κ1) is 15.8. The molecule has 0 saturated heterocycles. The highest BCUT2D eigenvalue weighted by molar-refractivity contribution is 6.34. The highest BCUT2D eigenvalue weighted by Gasteiger charge is 2.20. The Kier molecular flexibility index (Phi) is 3.77. The molecule has 2 N–H and O–H groups in total. The number of hydrogen-bond donors (Lipinski definition) is 1. The maximum Gasteiger partial charge on any atom is 0.223 e. The second-order valence-corrected chi connectivity index (χ2v) is 6.07. The minimum Gasteiger partial charge on any atom is -0.618 e. The van der Waals surface area contributed by atoms with Gasteiger partial charge in [-0.25, -0.2) is 9.67 Å². The predicted octanol–water partition coefficient (Wildman–Crippen LogP) is 2.32. The van der Waals surface area contributed by atoms with Gasteiger partial charge in [-0.15, -0.1) is 0 Å². The third kappa shape index (κ3) is 2.55. The first-order valence-electron chi connectivity index (χ1n) is 6.83. The van der Waals surface area contributed by atoms with E-state index in [0.29, 0.717) is 33.0 Å². The van der Waals surface area contributed by atoms with Crippen molar-refractivity contribution in [3.8, 4) is 0 Å². The number of aromatic nitrogens is 5. The van der Waals surface area contributed by atoms with E-state index in [-0.39, 0.29) is 17.6 Å². The summed E-state index contributed by atoms with van der Waals surface area (Å²) in [5, 5.41) is 18.1. The van der Waals surface area contributed by atoms with Crippen molar-refractivity contribution >= 4 is 40.2 Å². The lowest BCUT2D eigenvalue weighted by molar-refractivity contribution is -0.615. The quantitative estimate of drug-likeness (QED) is 0.433. The number of rotatable bonds is 2. The molecule has 3 rings (SSSR count). The van der Waals surface area contributed by atoms with Crippen molar-refractivity contribution in [2.75, 3.05) is 5.73 Å². The van der Waals surface area contributed by atoms with Crippen LogP contribution in [0.2, 0.25) is 10.2 Å². The van der Waals surface area contributed by atoms with Crippen molar-refractivity contribution in [3.05, 3.63) is 44.1 Å². The molecule has 0 aliphatic heterocycles. The van der Waals surface area contributed by atoms with Crippen molar-refractivity contribution < 1.29 is 4.73 Å². The highest BCUT2D eigenvalue weighted by Crippen LogP contribution is 2.26. The van der Waals surface area contributed by atoms with E-state index in [4.69, 9.17) is 28.9 Å². The molecule has 3 heterocycles. The van der Waals surface area contributed by atoms with E-state index in [1.807, 2.05) is 0 Å². The number of nitrogens with two attached hydrogens (primary N) is 1. The van der Waals surface area contributed by atoms with Crippen LogP contribution in [-0.4, -0.2) is 19.7 Å². The minimum atomic E-state index is 0.0531. The second-order valence-electron chi connectivity index (χ2n) is 5.34. The van der Waals surface area contributed by atoms with Crippen LogP contribution in [-0.2, 0) is 6.54 Å². The first-order chi connectivity index (χ1) is 10.8. The van der Waals surface area contributed by atoms with Gasteiger partial charge in [-0.1, -0.05) is 23.2 Å². The summed E-state index contributed by atoms with van der Waals surface area (Å²) < 4.78 is 2.38. The minimum absolute atomic E-state index is 0.0531. The van der Waals surface area contributed by atoms with Crippen molar-refractivity contribution in [3.63, 3.8) is 0 Å². The zero-order valence-electron chi connectivity index (χ0n) is 12.8. The maximum atomic E-state index is 12.2. The maximum absolute atomic E-state index is 12.2. The number of nitrogen functional groups attached to an aromatic ring is 1. The standard InChI is InChI=1S/C14H14Cl2N6O/c1-6-4-22(23)9(7(2)11(6)15)5-21-13-10(8(3)20-21)12(16)18-14(17)19-13/h4H,5H2,1-3H3,(H2,17,18,19). The van der Waals surface area contributed by atoms with Crippen LogP contribution in [0.3, 0.4) is 0 Å². The van der Waals surface area contributed by atoms with Gasteiger partial charge < -0.3 is 10.9 Å². The summed E-state index contributed by atoms with van der Waals surface area (Å²) in [6.07, 6.45) is 1.44. The van der Waals surface area contributed by atoms with Gasteiger partial charge in [0.2, 0.25) is 11.6 Å². The lowest BCUT2D eigenvalue weighted by Crippen LogP contribution is -2.34. The average Bonchev–Trinajstić information content (AvgIpc) is 2.77. The van der Waals surface area contributed by atoms with E-state index in [1.165, 1.54) is 6.20 Å². The lowest BCUT2D eigenvalue weighted by Gasteiger charge is -2.11. The zero-order chi connectivity index (χ0) is 16.9. The topological polar surface area (TPSA) is 96.6 Å². The highest BCUT2D eigenvalue weighted by atomic mass is 35.5. The van der Waals surface area contributed by atoms with E-state index in [1.54, 1.807) is 25.5 Å². The Hall–Kier alpha value is -2.12. The molecule has 9 heteroatoms. The summed E-state index contributed by atoms with van der Waals surface area (Å²) in [4.78, 5) is 8.13. The average molecular weight is 353 g/mol. The summed E-state index contributed by atoms with van der Waals surface area (Å²) in [5.41, 5.74) is 8.72. The number of halogens is 2. The van der Waals surface area contributed by atoms with Gasteiger partial charge in [-0.2, -0.15) is 14.8 Å². The molecule has 0 aliphatic carbocycles. The van der Waals surface area contributed by atoms with Crippen LogP contribution < -0.4 is 10.5 Å². The number of aryl methyl sites for hydroxylation is 2. The zero-order valence-corrected chi connectivity index (χ0v) is 14.3. The molecule has 0 aromatic carbocycles. The van der Waals surface area contributed by atoms with Crippen LogP contribution in [0.4, 0.5) is 5.95 Å². The monoisotopic (exact) mass is 352 g/mol. The number of pyridine rings is 1. The molecule has 0 saturated carbocycles. The Balaban J connectivity index is 2.19. The smallest absolute Gasteiger partial charge is 0.223 e. The summed E-state index contributed by atoms with van der Waals surface area (Å²) >= 11 is 12.4. The van der Waals surface area contributed by atoms with Gasteiger partial charge in [0.25, 0.3) is 0 Å². The molecule has 3 aromatic rings. The van der Waals surface area contributed by atoms with Gasteiger partial charge in [0.15, 0.2) is 11.8 Å². The molecule has 0 radical (unpaired) electrons. The molecule has 3 aromatic heterocycles. The molecule has 0 amide bonds. The molecule has 0 atom stereocenters. The van der Waals surface area contributed by atoms with Crippen LogP contribution >= 0.6 is 23.2 Å². The molecular formula is C14H14Cl2N6O. The molecule has 120 valence electrons. The SMILES string of the molecule is Cc1c[n+]([O-])c(Cn2nc(C)c3c(Cl)nc(N)nc32)c(C)c1Cl. The second kappa shape index (κ2) is 5.50. The molecule has 0 spiro atoms. The van der Waals surface area contributed by atoms with Gasteiger partial charge >= 0.3 is 0 Å². The fraction of sp³-hybridized carbons (Fsp3) is 0.286. The summed E-state index contributed by atoms with van der Waals surface area (Å²) in [7, 11) is 0. The van der Waals surface area contributed by atoms with E-state index in [2.05, 4.69) is 15.1 Å². The Labute approximate surface area is 142 Å². The lowest BCUT2D eigenvalue weighted by atomic mass is 10.1. The van der Waals surface area contributed by atoms with Crippen LogP contribution in [0.1, 0.15) is 22.5 Å². The van der Waals surface area contributed by atoms with Crippen LogP contribution in [0.25, 0.3) is 11.0 Å². The largest absolute Gasteiger partial charge is 0.618 e. The predicted molar refractivity (Wildman–Crippen MR) is 88.5 cm³/mol. The Morgan fingerprint density at radius 3 is 2.65 bits per heavy atom. The number of hydrogen-bond acceptors (Lipinski definition) is 5. The van der Waals surface area contributed by atoms with E-state index >= 15 is 0 Å². The molecule has 0 unspecified atom stereocenters. The first-order valence-corrected chi connectivity index (χ1v) is 7.59. The van der Waals surface area contributed by atoms with E-state index < -0.39 is 0 Å². The molecule has 7 nitrogen and oxygen atoms in total. The molecular weight excluding hydrogens is 339 g/mol. The third-order valence-corrected chi connectivity index (χ3v) is 4.58. The van der Waals surface area contributed by atoms with Crippen molar-refractivity contribution in [2.24, 2.45) is 0 Å². The molecule has 0 fully saturated rings. The summed E-state index contributed by atoms with van der Waals surface area (Å²) in [5.74, 6) is 0.0531. The van der Waals surface area contributed by atoms with Crippen molar-refractivity contribution in [2.45, 2.75) is 27.3 Å². The summed E-state index contributed by atoms with van der Waals surface area (Å²) in [6.45, 7) is 5.58. The summed E-state index contributed by atoms with van der Waals surface area (Å²) in [6, 6.07) is 0. The van der Waals surface area contributed by atoms with Gasteiger partial charge in [0, 0.05) is 11.1 Å². The number of fused-ring (bicyclic) bond motifs is 1. The molecule has 0 aliphatic rings. The van der Waals surface area contributed by atoms with Crippen LogP contribution in [0.15, 0.2) is 6.20 Å². The van der Waals surface area contributed by atoms with Gasteiger partial charge in [-0.05, 0) is 20.8 Å². The van der Waals surface area contributed by atoms with Gasteiger partial charge in [-0.3, -0.25) is 0 Å². The number of anilines is 1. The van der Waals surface area contributed by atoms with E-state index in [9.17, 15) is 5.21 Å². The fourth-order valence-corrected chi connectivity index (χ4v) is 3.02. The Bertz CT molecular complexity index is 937. The Morgan fingerprint density at radius 1 is 1.26 bits per heavy atom. The molecule has 23 heavy (non-hydrogen) atoms. The van der Waals surface area contributed by atoms with Crippen LogP contribution in [0, 0.1) is 26.0 Å². The van der Waals surface area contributed by atoms with E-state index in [0.717, 1.165) is 10.3 Å². The Morgan fingerprint density at radius 2 is 1.96 bits per heavy atom. The third-order valence-electron chi connectivity index (χ3n) is 3.72. The van der Waals surface area contributed by atoms with Gasteiger partial charge in [0.1, 0.15) is 11.7 Å². The van der Waals surface area contributed by atoms with Crippen molar-refractivity contribution in [1.82, 2.24) is 19.7 Å². The van der Waals surface area contributed by atoms with Crippen molar-refractivity contribution in [1.29, 1.82) is 0 Å². The van der Waals surface area contributed by atoms with Crippen LogP contribution in [0.5, 0.6) is 0 Å². The van der Waals surface area contributed by atoms with Gasteiger partial charge in [0.05, 0.1) is 16.1 Å².